The lowest BCUT2D eigenvalue weighted by atomic mass is 10.6. The molecular weight excluding hydrogens is 187 g/mol. The van der Waals surface area contributed by atoms with Crippen LogP contribution in [-0.2, 0) is 4.79 Å². The van der Waals surface area contributed by atoms with Crippen molar-refractivity contribution in [1.82, 2.24) is 0 Å². The minimum atomic E-state index is -4.70. The van der Waals surface area contributed by atoms with Crippen LogP contribution in [0.15, 0.2) is 0 Å². The second-order valence-corrected chi connectivity index (χ2v) is 8.95. The van der Waals surface area contributed by atoms with E-state index in [0.29, 0.717) is 0 Å². The van der Waals surface area contributed by atoms with E-state index < -0.39 is 20.3 Å². The Labute approximate surface area is 70.4 Å². The van der Waals surface area contributed by atoms with Gasteiger partial charge in [0.25, 0.3) is 8.24 Å². The Hall–Kier alpha value is -0.363. The summed E-state index contributed by atoms with van der Waals surface area (Å²) in [6.07, 6.45) is -4.70. The Kier molecular flexibility index (Phi) is 3.08. The summed E-state index contributed by atoms with van der Waals surface area (Å²) in [6.45, 7) is 5.14. The summed E-state index contributed by atoms with van der Waals surface area (Å²) >= 11 is 0. The highest BCUT2D eigenvalue weighted by atomic mass is 28.3. The van der Waals surface area contributed by atoms with Crippen LogP contribution in [0.4, 0.5) is 13.2 Å². The molecule has 1 atom stereocenters. The van der Waals surface area contributed by atoms with Gasteiger partial charge < -0.3 is 4.57 Å². The first kappa shape index (κ1) is 11.6. The standard InChI is InChI=1S/C6H12F3NOSi/c1-10(12(2,3)4)5(11)6(7,8)9/h1-4H3/p+1. The molecule has 0 aliphatic carbocycles. The molecule has 0 bridgehead atoms. The number of hydrogen-bond donors (Lipinski definition) is 1. The molecule has 0 fully saturated rings. The number of carbonyl (C=O) groups excluding carboxylic acids is 1. The van der Waals surface area contributed by atoms with Crippen LogP contribution in [0.5, 0.6) is 0 Å². The normalized spacial score (nSPS) is 15.9. The number of amides is 1. The Balaban J connectivity index is 4.53. The van der Waals surface area contributed by atoms with E-state index >= 15 is 0 Å². The molecule has 0 aliphatic heterocycles. The zero-order valence-electron chi connectivity index (χ0n) is 7.54. The van der Waals surface area contributed by atoms with Crippen molar-refractivity contribution in [2.45, 2.75) is 25.8 Å². The van der Waals surface area contributed by atoms with E-state index in [0.717, 1.165) is 0 Å². The van der Waals surface area contributed by atoms with Crippen molar-refractivity contribution in [3.8, 4) is 0 Å². The second kappa shape index (κ2) is 3.18. The minimum absolute atomic E-state index is 0.0185. The van der Waals surface area contributed by atoms with Gasteiger partial charge in [-0.3, -0.25) is 0 Å². The number of nitrogens with one attached hydrogen (secondary N) is 1. The lowest BCUT2D eigenvalue weighted by Gasteiger charge is -2.23. The molecule has 72 valence electrons. The molecule has 2 nitrogen and oxygen atoms in total. The molecule has 0 heterocycles. The van der Waals surface area contributed by atoms with Gasteiger partial charge in [-0.05, 0) is 19.6 Å². The van der Waals surface area contributed by atoms with Gasteiger partial charge >= 0.3 is 12.1 Å². The van der Waals surface area contributed by atoms with Gasteiger partial charge in [-0.2, -0.15) is 13.2 Å². The van der Waals surface area contributed by atoms with Crippen LogP contribution in [0.3, 0.4) is 0 Å². The molecule has 0 aromatic rings. The third-order valence-corrected chi connectivity index (χ3v) is 4.20. The quantitative estimate of drug-likeness (QED) is 0.609. The molecule has 0 saturated carbocycles. The molecule has 0 aromatic carbocycles. The van der Waals surface area contributed by atoms with Crippen LogP contribution in [0.1, 0.15) is 0 Å². The fourth-order valence-corrected chi connectivity index (χ4v) is 1.38. The van der Waals surface area contributed by atoms with Gasteiger partial charge in [0.15, 0.2) is 0 Å². The summed E-state index contributed by atoms with van der Waals surface area (Å²) in [5.74, 6) is -1.67. The molecule has 0 spiro atoms. The van der Waals surface area contributed by atoms with Gasteiger partial charge in [-0.15, -0.1) is 0 Å². The topological polar surface area (TPSA) is 21.5 Å². The molecule has 0 rings (SSSR count). The van der Waals surface area contributed by atoms with Gasteiger partial charge in [0, 0.05) is 0 Å². The van der Waals surface area contributed by atoms with Crippen molar-refractivity contribution >= 4 is 14.1 Å². The van der Waals surface area contributed by atoms with Gasteiger partial charge in [0.1, 0.15) is 0 Å². The molecule has 0 radical (unpaired) electrons. The van der Waals surface area contributed by atoms with Crippen molar-refractivity contribution in [2.24, 2.45) is 0 Å². The third-order valence-electron chi connectivity index (χ3n) is 1.72. The van der Waals surface area contributed by atoms with Crippen LogP contribution in [-0.4, -0.2) is 27.4 Å². The molecule has 0 aliphatic rings. The number of rotatable bonds is 1. The highest BCUT2D eigenvalue weighted by molar-refractivity contribution is 6.68. The molecule has 1 amide bonds. The molecule has 12 heavy (non-hydrogen) atoms. The Morgan fingerprint density at radius 3 is 1.67 bits per heavy atom. The highest BCUT2D eigenvalue weighted by Crippen LogP contribution is 2.12. The molecule has 0 saturated heterocycles. The first-order chi connectivity index (χ1) is 5.07. The fraction of sp³-hybridized carbons (Fsp3) is 0.833. The van der Waals surface area contributed by atoms with Gasteiger partial charge in [-0.25, -0.2) is 4.79 Å². The molecule has 0 aromatic heterocycles. The predicted molar refractivity (Wildman–Crippen MR) is 41.3 cm³/mol. The second-order valence-electron chi connectivity index (χ2n) is 3.70. The van der Waals surface area contributed by atoms with E-state index in [2.05, 4.69) is 0 Å². The van der Waals surface area contributed by atoms with Crippen LogP contribution < -0.4 is 4.57 Å². The van der Waals surface area contributed by atoms with E-state index in [4.69, 9.17) is 0 Å². The zero-order chi connectivity index (χ0) is 10.2. The van der Waals surface area contributed by atoms with Crippen LogP contribution in [0.2, 0.25) is 19.6 Å². The molecular formula is C6H13F3NOSi+. The van der Waals surface area contributed by atoms with E-state index in [1.54, 1.807) is 19.6 Å². The maximum atomic E-state index is 11.9. The van der Waals surface area contributed by atoms with Crippen LogP contribution >= 0.6 is 0 Å². The van der Waals surface area contributed by atoms with Gasteiger partial charge in [-0.1, -0.05) is 0 Å². The highest BCUT2D eigenvalue weighted by Gasteiger charge is 2.49. The number of hydrogen-bond acceptors (Lipinski definition) is 1. The third kappa shape index (κ3) is 2.94. The van der Waals surface area contributed by atoms with E-state index in [1.165, 1.54) is 7.05 Å². The monoisotopic (exact) mass is 200 g/mol. The zero-order valence-corrected chi connectivity index (χ0v) is 8.54. The first-order valence-corrected chi connectivity index (χ1v) is 7.02. The van der Waals surface area contributed by atoms with Crippen molar-refractivity contribution < 1.29 is 22.5 Å². The smallest absolute Gasteiger partial charge is 0.325 e. The van der Waals surface area contributed by atoms with Crippen molar-refractivity contribution in [1.29, 1.82) is 0 Å². The summed E-state index contributed by atoms with van der Waals surface area (Å²) in [4.78, 5) is 10.7. The SMILES string of the molecule is C[NH+](C(=O)C(F)(F)F)[Si](C)(C)C. The summed E-state index contributed by atoms with van der Waals surface area (Å²) in [5, 5.41) is 0. The van der Waals surface area contributed by atoms with Crippen molar-refractivity contribution in [2.75, 3.05) is 7.05 Å². The van der Waals surface area contributed by atoms with E-state index in [-0.39, 0.29) is 4.57 Å². The van der Waals surface area contributed by atoms with E-state index in [1.807, 2.05) is 0 Å². The van der Waals surface area contributed by atoms with Crippen LogP contribution in [0, 0.1) is 0 Å². The van der Waals surface area contributed by atoms with Crippen molar-refractivity contribution in [3.05, 3.63) is 0 Å². The Morgan fingerprint density at radius 2 is 1.58 bits per heavy atom. The fourth-order valence-electron chi connectivity index (χ4n) is 0.553. The maximum absolute atomic E-state index is 11.9. The summed E-state index contributed by atoms with van der Waals surface area (Å²) in [6, 6.07) is 0. The largest absolute Gasteiger partial charge is 0.507 e. The average Bonchev–Trinajstić information content (AvgIpc) is 1.80. The number of halogens is 3. The first-order valence-electron chi connectivity index (χ1n) is 3.52. The summed E-state index contributed by atoms with van der Waals surface area (Å²) < 4.78 is 35.6. The molecule has 1 N–H and O–H groups in total. The number of alkyl halides is 3. The summed E-state index contributed by atoms with van der Waals surface area (Å²) in [5.41, 5.74) is 0. The Morgan fingerprint density at radius 1 is 1.25 bits per heavy atom. The lowest BCUT2D eigenvalue weighted by molar-refractivity contribution is -0.695. The molecule has 6 heteroatoms. The lowest BCUT2D eigenvalue weighted by Crippen LogP contribution is -3.22. The summed E-state index contributed by atoms with van der Waals surface area (Å²) in [7, 11) is -0.807. The van der Waals surface area contributed by atoms with Gasteiger partial charge in [0.05, 0.1) is 7.05 Å². The van der Waals surface area contributed by atoms with Gasteiger partial charge in [0.2, 0.25) is 0 Å². The van der Waals surface area contributed by atoms with Crippen LogP contribution in [0.25, 0.3) is 0 Å². The predicted octanol–water partition coefficient (Wildman–Crippen LogP) is 0.425. The van der Waals surface area contributed by atoms with E-state index in [9.17, 15) is 18.0 Å². The average molecular weight is 200 g/mol. The minimum Gasteiger partial charge on any atom is -0.325 e. The Bertz CT molecular complexity index is 184. The van der Waals surface area contributed by atoms with Crippen molar-refractivity contribution in [3.63, 3.8) is 0 Å². The maximum Gasteiger partial charge on any atom is 0.507 e. The number of carbonyl (C=O) groups is 1. The number of quaternary nitrogens is 1. The molecule has 1 unspecified atom stereocenters.